The fourth-order valence-electron chi connectivity index (χ4n) is 1.71. The molecule has 0 aromatic heterocycles. The van der Waals surface area contributed by atoms with Crippen molar-refractivity contribution >= 4 is 43.0 Å². The highest BCUT2D eigenvalue weighted by molar-refractivity contribution is 9.10. The number of hydrogen-bond acceptors (Lipinski definition) is 4. The molecule has 0 atom stereocenters. The highest BCUT2D eigenvalue weighted by Crippen LogP contribution is 2.28. The molecule has 2 rings (SSSR count). The number of rotatable bonds is 3. The van der Waals surface area contributed by atoms with Crippen LogP contribution in [0.3, 0.4) is 0 Å². The molecule has 0 amide bonds. The quantitative estimate of drug-likeness (QED) is 0.737. The molecule has 0 radical (unpaired) electrons. The summed E-state index contributed by atoms with van der Waals surface area (Å²) in [5, 5.41) is 8.23. The van der Waals surface area contributed by atoms with Crippen LogP contribution in [0.1, 0.15) is 5.56 Å². The van der Waals surface area contributed by atoms with Crippen LogP contribution in [0.4, 0.5) is 17.1 Å². The van der Waals surface area contributed by atoms with E-state index in [4.69, 9.17) is 10.9 Å². The number of primary sulfonamides is 1. The number of nitrogens with two attached hydrogens (primary N) is 2. The maximum absolute atomic E-state index is 11.2. The molecule has 0 saturated carbocycles. The van der Waals surface area contributed by atoms with Crippen molar-refractivity contribution in [1.29, 1.82) is 0 Å². The minimum absolute atomic E-state index is 0.00786. The van der Waals surface area contributed by atoms with Crippen molar-refractivity contribution in [3.63, 3.8) is 0 Å². The molecule has 2 aromatic rings. The third-order valence-corrected chi connectivity index (χ3v) is 4.22. The Balaban J connectivity index is 2.38. The van der Waals surface area contributed by atoms with Crippen molar-refractivity contribution < 1.29 is 8.42 Å². The van der Waals surface area contributed by atoms with E-state index in [2.05, 4.69) is 21.2 Å². The highest BCUT2D eigenvalue weighted by atomic mass is 79.9. The first-order valence-electron chi connectivity index (χ1n) is 5.73. The van der Waals surface area contributed by atoms with E-state index in [1.165, 1.54) is 12.1 Å². The third kappa shape index (κ3) is 3.30. The second-order valence-corrected chi connectivity index (χ2v) is 6.86. The Bertz CT molecular complexity index is 760. The van der Waals surface area contributed by atoms with E-state index in [1.54, 1.807) is 6.07 Å². The lowest BCUT2D eigenvalue weighted by molar-refractivity contribution is 0.598. The first-order chi connectivity index (χ1) is 9.27. The first-order valence-corrected chi connectivity index (χ1v) is 8.07. The molecule has 0 saturated heterocycles. The van der Waals surface area contributed by atoms with Gasteiger partial charge in [-0.1, -0.05) is 22.0 Å². The van der Waals surface area contributed by atoms with Crippen LogP contribution in [-0.4, -0.2) is 8.42 Å². The summed E-state index contributed by atoms with van der Waals surface area (Å²) in [6, 6.07) is 10.2. The molecule has 2 aromatic carbocycles. The Morgan fingerprint density at radius 3 is 2.40 bits per heavy atom. The van der Waals surface area contributed by atoms with Crippen LogP contribution in [0.15, 0.2) is 45.8 Å². The van der Waals surface area contributed by atoms with E-state index in [1.807, 2.05) is 25.1 Å². The lowest BCUT2D eigenvalue weighted by atomic mass is 10.2. The van der Waals surface area contributed by atoms with Crippen LogP contribution in [0.25, 0.3) is 0 Å². The molecule has 0 aliphatic rings. The van der Waals surface area contributed by atoms with Crippen LogP contribution >= 0.6 is 15.9 Å². The Morgan fingerprint density at radius 1 is 1.10 bits per heavy atom. The minimum Gasteiger partial charge on any atom is -0.397 e. The molecule has 5 N–H and O–H groups in total. The van der Waals surface area contributed by atoms with Gasteiger partial charge in [-0.15, -0.1) is 0 Å². The summed E-state index contributed by atoms with van der Waals surface area (Å²) >= 11 is 3.40. The van der Waals surface area contributed by atoms with Gasteiger partial charge in [0.15, 0.2) is 0 Å². The summed E-state index contributed by atoms with van der Waals surface area (Å²) in [6.07, 6.45) is 0. The molecule has 0 aliphatic carbocycles. The van der Waals surface area contributed by atoms with Gasteiger partial charge in [-0.25, -0.2) is 13.6 Å². The predicted octanol–water partition coefficient (Wildman–Crippen LogP) is 2.73. The third-order valence-electron chi connectivity index (χ3n) is 2.82. The fraction of sp³-hybridized carbons (Fsp3) is 0.0769. The summed E-state index contributed by atoms with van der Waals surface area (Å²) in [7, 11) is -3.75. The SMILES string of the molecule is Cc1ccc(Br)cc1Nc1ccc(S(N)(=O)=O)cc1N. The van der Waals surface area contributed by atoms with Gasteiger partial charge in [0.05, 0.1) is 16.3 Å². The summed E-state index contributed by atoms with van der Waals surface area (Å²) in [4.78, 5) is -0.00786. The molecule has 106 valence electrons. The second kappa shape index (κ2) is 5.43. The lowest BCUT2D eigenvalue weighted by Crippen LogP contribution is -2.12. The zero-order valence-electron chi connectivity index (χ0n) is 10.7. The van der Waals surface area contributed by atoms with E-state index in [-0.39, 0.29) is 4.90 Å². The zero-order valence-corrected chi connectivity index (χ0v) is 13.1. The zero-order chi connectivity index (χ0) is 14.9. The first kappa shape index (κ1) is 14.8. The van der Waals surface area contributed by atoms with Gasteiger partial charge in [0.25, 0.3) is 0 Å². The predicted molar refractivity (Wildman–Crippen MR) is 84.4 cm³/mol. The highest BCUT2D eigenvalue weighted by Gasteiger charge is 2.10. The summed E-state index contributed by atoms with van der Waals surface area (Å²) in [5.41, 5.74) is 8.73. The number of hydrogen-bond donors (Lipinski definition) is 3. The maximum Gasteiger partial charge on any atom is 0.238 e. The van der Waals surface area contributed by atoms with Crippen molar-refractivity contribution in [3.05, 3.63) is 46.4 Å². The van der Waals surface area contributed by atoms with Gasteiger partial charge < -0.3 is 11.1 Å². The Hall–Kier alpha value is -1.57. The molecule has 0 heterocycles. The van der Waals surface area contributed by atoms with Crippen molar-refractivity contribution in [2.75, 3.05) is 11.1 Å². The van der Waals surface area contributed by atoms with Gasteiger partial charge in [0.1, 0.15) is 0 Å². The largest absolute Gasteiger partial charge is 0.397 e. The Morgan fingerprint density at radius 2 is 1.80 bits per heavy atom. The second-order valence-electron chi connectivity index (χ2n) is 4.38. The maximum atomic E-state index is 11.2. The molecule has 0 bridgehead atoms. The molecule has 0 unspecified atom stereocenters. The van der Waals surface area contributed by atoms with Crippen LogP contribution in [0, 0.1) is 6.92 Å². The van der Waals surface area contributed by atoms with Crippen LogP contribution in [0.2, 0.25) is 0 Å². The monoisotopic (exact) mass is 355 g/mol. The Kier molecular flexibility index (Phi) is 4.03. The van der Waals surface area contributed by atoms with Gasteiger partial charge in [-0.3, -0.25) is 0 Å². The van der Waals surface area contributed by atoms with Crippen molar-refractivity contribution in [2.24, 2.45) is 5.14 Å². The number of nitrogens with one attached hydrogen (secondary N) is 1. The van der Waals surface area contributed by atoms with Gasteiger partial charge in [0, 0.05) is 10.2 Å². The molecule has 20 heavy (non-hydrogen) atoms. The standard InChI is InChI=1S/C13H14BrN3O2S/c1-8-2-3-9(14)6-13(8)17-12-5-4-10(7-11(12)15)20(16,18)19/h2-7,17H,15H2,1H3,(H2,16,18,19). The van der Waals surface area contributed by atoms with E-state index in [9.17, 15) is 8.42 Å². The van der Waals surface area contributed by atoms with Crippen LogP contribution in [0.5, 0.6) is 0 Å². The van der Waals surface area contributed by atoms with Crippen LogP contribution in [-0.2, 0) is 10.0 Å². The molecule has 0 aliphatic heterocycles. The summed E-state index contributed by atoms with van der Waals surface area (Å²) in [6.45, 7) is 1.96. The molecular weight excluding hydrogens is 342 g/mol. The van der Waals surface area contributed by atoms with Crippen molar-refractivity contribution in [2.45, 2.75) is 11.8 Å². The minimum atomic E-state index is -3.75. The lowest BCUT2D eigenvalue weighted by Gasteiger charge is -2.13. The summed E-state index contributed by atoms with van der Waals surface area (Å²) < 4.78 is 23.4. The molecule has 0 fully saturated rings. The number of benzene rings is 2. The average molecular weight is 356 g/mol. The van der Waals surface area contributed by atoms with Gasteiger partial charge in [-0.05, 0) is 42.8 Å². The fourth-order valence-corrected chi connectivity index (χ4v) is 2.62. The smallest absolute Gasteiger partial charge is 0.238 e. The van der Waals surface area contributed by atoms with E-state index >= 15 is 0 Å². The number of anilines is 3. The number of aryl methyl sites for hydroxylation is 1. The Labute approximate surface area is 126 Å². The number of sulfonamides is 1. The van der Waals surface area contributed by atoms with Gasteiger partial charge >= 0.3 is 0 Å². The molecule has 5 nitrogen and oxygen atoms in total. The van der Waals surface area contributed by atoms with Gasteiger partial charge in [-0.2, -0.15) is 0 Å². The van der Waals surface area contributed by atoms with Crippen molar-refractivity contribution in [1.82, 2.24) is 0 Å². The normalized spacial score (nSPS) is 11.3. The van der Waals surface area contributed by atoms with Gasteiger partial charge in [0.2, 0.25) is 10.0 Å². The van der Waals surface area contributed by atoms with E-state index in [0.717, 1.165) is 15.7 Å². The van der Waals surface area contributed by atoms with Crippen LogP contribution < -0.4 is 16.2 Å². The topological polar surface area (TPSA) is 98.2 Å². The molecular formula is C13H14BrN3O2S. The average Bonchev–Trinajstić information content (AvgIpc) is 2.35. The van der Waals surface area contributed by atoms with E-state index < -0.39 is 10.0 Å². The number of halogens is 1. The summed E-state index contributed by atoms with van der Waals surface area (Å²) in [5.74, 6) is 0. The van der Waals surface area contributed by atoms with E-state index in [0.29, 0.717) is 11.4 Å². The van der Waals surface area contributed by atoms with Crippen molar-refractivity contribution in [3.8, 4) is 0 Å². The molecule has 0 spiro atoms. The molecule has 7 heteroatoms. The number of nitrogen functional groups attached to an aromatic ring is 1.